The molecule has 0 aromatic heterocycles. The number of carbonyl (C=O) groups is 1. The lowest BCUT2D eigenvalue weighted by molar-refractivity contribution is 0.0827. The molecule has 1 amide bonds. The van der Waals surface area contributed by atoms with Crippen LogP contribution >= 0.6 is 24.0 Å². The van der Waals surface area contributed by atoms with Crippen LogP contribution in [0.1, 0.15) is 54.9 Å². The highest BCUT2D eigenvalue weighted by Crippen LogP contribution is 2.26. The Bertz CT molecular complexity index is 618. The highest BCUT2D eigenvalue weighted by atomic mass is 127. The van der Waals surface area contributed by atoms with Crippen molar-refractivity contribution in [3.05, 3.63) is 35.4 Å². The molecule has 1 aromatic rings. The number of nitrogens with zero attached hydrogens (tertiary/aromatic N) is 2. The molecule has 0 spiro atoms. The Labute approximate surface area is 181 Å². The van der Waals surface area contributed by atoms with Gasteiger partial charge in [-0.05, 0) is 42.9 Å². The molecular weight excluding hydrogens is 451 g/mol. The number of carbonyl (C=O) groups excluding carboxylic acids is 1. The summed E-state index contributed by atoms with van der Waals surface area (Å²) in [6.45, 7) is 3.08. The van der Waals surface area contributed by atoms with E-state index in [4.69, 9.17) is 0 Å². The summed E-state index contributed by atoms with van der Waals surface area (Å²) in [5.41, 5.74) is 1.90. The van der Waals surface area contributed by atoms with Crippen LogP contribution in [-0.4, -0.2) is 50.5 Å². The molecule has 1 fully saturated rings. The molecule has 0 heterocycles. The second-order valence-electron chi connectivity index (χ2n) is 7.43. The number of hydrogen-bond donors (Lipinski definition) is 2. The molecule has 27 heavy (non-hydrogen) atoms. The molecule has 1 aromatic carbocycles. The lowest BCUT2D eigenvalue weighted by Gasteiger charge is -2.30. The highest BCUT2D eigenvalue weighted by molar-refractivity contribution is 14.0. The normalized spacial score (nSPS) is 19.8. The fourth-order valence-electron chi connectivity index (χ4n) is 3.62. The van der Waals surface area contributed by atoms with E-state index in [0.29, 0.717) is 6.04 Å². The van der Waals surface area contributed by atoms with Crippen molar-refractivity contribution < 1.29 is 4.79 Å². The van der Waals surface area contributed by atoms with Crippen LogP contribution in [0.4, 0.5) is 0 Å². The molecule has 1 aliphatic rings. The van der Waals surface area contributed by atoms with Gasteiger partial charge in [0, 0.05) is 39.3 Å². The predicted octanol–water partition coefficient (Wildman–Crippen LogP) is 3.68. The zero-order chi connectivity index (χ0) is 18.9. The average Bonchev–Trinajstić information content (AvgIpc) is 2.66. The van der Waals surface area contributed by atoms with Gasteiger partial charge in [-0.25, -0.2) is 0 Å². The minimum Gasteiger partial charge on any atom is -0.356 e. The first-order chi connectivity index (χ1) is 12.5. The van der Waals surface area contributed by atoms with Gasteiger partial charge in [-0.3, -0.25) is 9.79 Å². The number of aliphatic imine (C=N–C) groups is 1. The van der Waals surface area contributed by atoms with E-state index in [1.165, 1.54) is 32.1 Å². The van der Waals surface area contributed by atoms with Crippen LogP contribution in [0.15, 0.2) is 29.3 Å². The van der Waals surface area contributed by atoms with Gasteiger partial charge in [0.05, 0.1) is 0 Å². The van der Waals surface area contributed by atoms with Gasteiger partial charge in [0.15, 0.2) is 5.96 Å². The Morgan fingerprint density at radius 2 is 2.07 bits per heavy atom. The lowest BCUT2D eigenvalue weighted by atomic mass is 9.84. The molecule has 152 valence electrons. The van der Waals surface area contributed by atoms with Crippen LogP contribution in [0.25, 0.3) is 0 Å². The number of nitrogens with one attached hydrogen (secondary N) is 2. The molecule has 2 N–H and O–H groups in total. The summed E-state index contributed by atoms with van der Waals surface area (Å²) in [6.07, 6.45) is 7.27. The van der Waals surface area contributed by atoms with Gasteiger partial charge in [0.25, 0.3) is 5.91 Å². The Kier molecular flexibility index (Phi) is 10.7. The van der Waals surface area contributed by atoms with Crippen LogP contribution in [0, 0.1) is 5.92 Å². The maximum absolute atomic E-state index is 12.1. The molecule has 5 nitrogen and oxygen atoms in total. The second-order valence-corrected chi connectivity index (χ2v) is 7.43. The summed E-state index contributed by atoms with van der Waals surface area (Å²) >= 11 is 0. The monoisotopic (exact) mass is 486 g/mol. The van der Waals surface area contributed by atoms with Crippen LogP contribution < -0.4 is 10.6 Å². The summed E-state index contributed by atoms with van der Waals surface area (Å²) in [6, 6.07) is 8.39. The van der Waals surface area contributed by atoms with Gasteiger partial charge in [0.2, 0.25) is 0 Å². The standard InChI is InChI=1S/C21H34N4O.HI/c1-5-16-8-7-11-19(15-16)24-21(22-2)23-13-12-17-9-6-10-18(14-17)20(26)25(3)4;/h6,9-10,14,16,19H,5,7-8,11-13,15H2,1-4H3,(H2,22,23,24);1H. The molecule has 2 unspecified atom stereocenters. The first kappa shape index (κ1) is 23.7. The molecule has 0 radical (unpaired) electrons. The number of halogens is 1. The molecule has 1 saturated carbocycles. The summed E-state index contributed by atoms with van der Waals surface area (Å²) in [5.74, 6) is 1.77. The number of benzene rings is 1. The van der Waals surface area contributed by atoms with Crippen LogP contribution in [0.2, 0.25) is 0 Å². The van der Waals surface area contributed by atoms with Gasteiger partial charge in [-0.1, -0.05) is 38.3 Å². The smallest absolute Gasteiger partial charge is 0.253 e. The molecular formula is C21H35IN4O. The van der Waals surface area contributed by atoms with Crippen molar-refractivity contribution in [2.24, 2.45) is 10.9 Å². The topological polar surface area (TPSA) is 56.7 Å². The SMILES string of the molecule is CCC1CCCC(NC(=NC)NCCc2cccc(C(=O)N(C)C)c2)C1.I. The Balaban J connectivity index is 0.00000364. The molecule has 6 heteroatoms. The van der Waals surface area contributed by atoms with E-state index in [2.05, 4.69) is 28.6 Å². The van der Waals surface area contributed by atoms with Crippen molar-refractivity contribution in [3.8, 4) is 0 Å². The third kappa shape index (κ3) is 7.68. The molecule has 1 aliphatic carbocycles. The van der Waals surface area contributed by atoms with Crippen LogP contribution in [-0.2, 0) is 6.42 Å². The third-order valence-electron chi connectivity index (χ3n) is 5.21. The highest BCUT2D eigenvalue weighted by Gasteiger charge is 2.21. The number of amides is 1. The summed E-state index contributed by atoms with van der Waals surface area (Å²) in [5, 5.41) is 6.99. The zero-order valence-corrected chi connectivity index (χ0v) is 19.5. The minimum absolute atomic E-state index is 0. The fourth-order valence-corrected chi connectivity index (χ4v) is 3.62. The Morgan fingerprint density at radius 1 is 1.30 bits per heavy atom. The van der Waals surface area contributed by atoms with Gasteiger partial charge in [-0.2, -0.15) is 0 Å². The first-order valence-electron chi connectivity index (χ1n) is 9.81. The quantitative estimate of drug-likeness (QED) is 0.367. The van der Waals surface area contributed by atoms with Crippen LogP contribution in [0.3, 0.4) is 0 Å². The van der Waals surface area contributed by atoms with E-state index in [0.717, 1.165) is 36.0 Å². The fraction of sp³-hybridized carbons (Fsp3) is 0.619. The van der Waals surface area contributed by atoms with E-state index >= 15 is 0 Å². The molecule has 0 bridgehead atoms. The van der Waals surface area contributed by atoms with E-state index in [-0.39, 0.29) is 29.9 Å². The van der Waals surface area contributed by atoms with Crippen molar-refractivity contribution in [1.82, 2.24) is 15.5 Å². The second kappa shape index (κ2) is 12.2. The van der Waals surface area contributed by atoms with E-state index < -0.39 is 0 Å². The summed E-state index contributed by atoms with van der Waals surface area (Å²) < 4.78 is 0. The van der Waals surface area contributed by atoms with Crippen LogP contribution in [0.5, 0.6) is 0 Å². The average molecular weight is 486 g/mol. The first-order valence-corrected chi connectivity index (χ1v) is 9.81. The number of hydrogen-bond acceptors (Lipinski definition) is 2. The predicted molar refractivity (Wildman–Crippen MR) is 124 cm³/mol. The van der Waals surface area contributed by atoms with E-state index in [1.807, 2.05) is 25.2 Å². The van der Waals surface area contributed by atoms with E-state index in [1.54, 1.807) is 19.0 Å². The molecule has 2 atom stereocenters. The van der Waals surface area contributed by atoms with Crippen molar-refractivity contribution >= 4 is 35.8 Å². The maximum atomic E-state index is 12.1. The van der Waals surface area contributed by atoms with Crippen molar-refractivity contribution in [3.63, 3.8) is 0 Å². The Morgan fingerprint density at radius 3 is 2.74 bits per heavy atom. The van der Waals surface area contributed by atoms with Gasteiger partial charge >= 0.3 is 0 Å². The number of rotatable bonds is 6. The Hall–Kier alpha value is -1.31. The number of guanidine groups is 1. The maximum Gasteiger partial charge on any atom is 0.253 e. The molecule has 2 rings (SSSR count). The summed E-state index contributed by atoms with van der Waals surface area (Å²) in [7, 11) is 5.38. The zero-order valence-electron chi connectivity index (χ0n) is 17.1. The van der Waals surface area contributed by atoms with Gasteiger partial charge < -0.3 is 15.5 Å². The molecule has 0 aliphatic heterocycles. The van der Waals surface area contributed by atoms with Crippen molar-refractivity contribution in [2.45, 2.75) is 51.5 Å². The molecule has 0 saturated heterocycles. The van der Waals surface area contributed by atoms with Gasteiger partial charge in [-0.15, -0.1) is 24.0 Å². The van der Waals surface area contributed by atoms with E-state index in [9.17, 15) is 4.79 Å². The third-order valence-corrected chi connectivity index (χ3v) is 5.21. The van der Waals surface area contributed by atoms with Crippen molar-refractivity contribution in [2.75, 3.05) is 27.7 Å². The minimum atomic E-state index is 0. The lowest BCUT2D eigenvalue weighted by Crippen LogP contribution is -2.45. The summed E-state index contributed by atoms with van der Waals surface area (Å²) in [4.78, 5) is 18.1. The van der Waals surface area contributed by atoms with Crippen molar-refractivity contribution in [1.29, 1.82) is 0 Å². The van der Waals surface area contributed by atoms with Gasteiger partial charge in [0.1, 0.15) is 0 Å². The largest absolute Gasteiger partial charge is 0.356 e.